The zero-order valence-electron chi connectivity index (χ0n) is 15.6. The smallest absolute Gasteiger partial charge is 0.351 e. The average Bonchev–Trinajstić information content (AvgIpc) is 3.10. The second kappa shape index (κ2) is 9.59. The Hall–Kier alpha value is -1.43. The van der Waals surface area contributed by atoms with Gasteiger partial charge in [0.05, 0.1) is 9.35 Å². The van der Waals surface area contributed by atoms with Crippen molar-refractivity contribution < 1.29 is 26.4 Å². The third-order valence-electron chi connectivity index (χ3n) is 4.34. The SMILES string of the molecule is CC[C@H](C)[C@H](NS(=O)(=O)c1ccc(Br)s1)C(=O)NCc1ccc(C(F)(F)F)cc1. The highest BCUT2D eigenvalue weighted by molar-refractivity contribution is 9.11. The van der Waals surface area contributed by atoms with Crippen molar-refractivity contribution in [1.29, 1.82) is 0 Å². The summed E-state index contributed by atoms with van der Waals surface area (Å²) < 4.78 is 66.2. The molecule has 2 N–H and O–H groups in total. The van der Waals surface area contributed by atoms with Gasteiger partial charge in [0.25, 0.3) is 10.0 Å². The molecule has 0 unspecified atom stereocenters. The van der Waals surface area contributed by atoms with Crippen molar-refractivity contribution in [2.75, 3.05) is 0 Å². The Kier molecular flexibility index (Phi) is 7.88. The predicted octanol–water partition coefficient (Wildman–Crippen LogP) is 4.54. The van der Waals surface area contributed by atoms with Gasteiger partial charge in [-0.15, -0.1) is 11.3 Å². The first kappa shape index (κ1) is 23.8. The minimum absolute atomic E-state index is 0.0177. The van der Waals surface area contributed by atoms with E-state index < -0.39 is 33.7 Å². The van der Waals surface area contributed by atoms with Crippen LogP contribution in [-0.4, -0.2) is 20.4 Å². The van der Waals surface area contributed by atoms with Crippen LogP contribution in [0, 0.1) is 5.92 Å². The normalized spacial score (nSPS) is 14.4. The van der Waals surface area contributed by atoms with E-state index in [9.17, 15) is 26.4 Å². The van der Waals surface area contributed by atoms with E-state index in [1.807, 2.05) is 6.92 Å². The number of benzene rings is 1. The highest BCUT2D eigenvalue weighted by Gasteiger charge is 2.31. The third kappa shape index (κ3) is 6.53. The average molecular weight is 513 g/mol. The number of nitrogens with one attached hydrogen (secondary N) is 2. The van der Waals surface area contributed by atoms with Crippen molar-refractivity contribution in [3.05, 3.63) is 51.3 Å². The van der Waals surface area contributed by atoms with Crippen LogP contribution in [0.3, 0.4) is 0 Å². The van der Waals surface area contributed by atoms with Crippen LogP contribution in [-0.2, 0) is 27.5 Å². The summed E-state index contributed by atoms with van der Waals surface area (Å²) in [5.41, 5.74) is -0.306. The van der Waals surface area contributed by atoms with E-state index in [0.717, 1.165) is 23.5 Å². The molecule has 0 fully saturated rings. The first-order valence-corrected chi connectivity index (χ1v) is 11.7. The maximum Gasteiger partial charge on any atom is 0.416 e. The van der Waals surface area contributed by atoms with Crippen molar-refractivity contribution in [2.45, 2.75) is 43.2 Å². The number of carbonyl (C=O) groups is 1. The lowest BCUT2D eigenvalue weighted by Crippen LogP contribution is -2.49. The van der Waals surface area contributed by atoms with Crippen LogP contribution >= 0.6 is 27.3 Å². The number of alkyl halides is 3. The predicted molar refractivity (Wildman–Crippen MR) is 109 cm³/mol. The summed E-state index contributed by atoms with van der Waals surface area (Å²) in [6.45, 7) is 3.56. The first-order chi connectivity index (χ1) is 13.4. The number of sulfonamides is 1. The summed E-state index contributed by atoms with van der Waals surface area (Å²) in [6.07, 6.45) is -3.88. The quantitative estimate of drug-likeness (QED) is 0.545. The van der Waals surface area contributed by atoms with E-state index >= 15 is 0 Å². The fourth-order valence-corrected chi connectivity index (χ4v) is 5.77. The van der Waals surface area contributed by atoms with Gasteiger partial charge in [-0.3, -0.25) is 4.79 Å². The number of amides is 1. The molecule has 0 saturated carbocycles. The van der Waals surface area contributed by atoms with Crippen molar-refractivity contribution in [1.82, 2.24) is 10.0 Å². The van der Waals surface area contributed by atoms with Crippen LogP contribution in [0.2, 0.25) is 0 Å². The molecule has 2 atom stereocenters. The van der Waals surface area contributed by atoms with Gasteiger partial charge < -0.3 is 5.32 Å². The van der Waals surface area contributed by atoms with Gasteiger partial charge in [0.1, 0.15) is 10.3 Å². The van der Waals surface area contributed by atoms with Gasteiger partial charge in [-0.25, -0.2) is 8.42 Å². The summed E-state index contributed by atoms with van der Waals surface area (Å²) in [4.78, 5) is 12.6. The molecule has 0 aliphatic carbocycles. The van der Waals surface area contributed by atoms with Crippen molar-refractivity contribution >= 4 is 43.2 Å². The Morgan fingerprint density at radius 3 is 2.28 bits per heavy atom. The summed E-state index contributed by atoms with van der Waals surface area (Å²) >= 11 is 4.23. The first-order valence-electron chi connectivity index (χ1n) is 8.65. The lowest BCUT2D eigenvalue weighted by atomic mass is 9.99. The largest absolute Gasteiger partial charge is 0.416 e. The fraction of sp³-hybridized carbons (Fsp3) is 0.389. The second-order valence-electron chi connectivity index (χ2n) is 6.46. The number of rotatable bonds is 8. The molecule has 0 bridgehead atoms. The molecule has 1 heterocycles. The molecule has 0 spiro atoms. The van der Waals surface area contributed by atoms with Crippen LogP contribution in [0.1, 0.15) is 31.4 Å². The molecule has 0 aliphatic rings. The monoisotopic (exact) mass is 512 g/mol. The van der Waals surface area contributed by atoms with Crippen molar-refractivity contribution in [3.63, 3.8) is 0 Å². The maximum atomic E-state index is 12.6. The number of halogens is 4. The van der Waals surface area contributed by atoms with E-state index in [1.54, 1.807) is 13.0 Å². The van der Waals surface area contributed by atoms with E-state index in [-0.39, 0.29) is 16.7 Å². The molecule has 5 nitrogen and oxygen atoms in total. The van der Waals surface area contributed by atoms with E-state index in [1.165, 1.54) is 18.2 Å². The molecular weight excluding hydrogens is 493 g/mol. The molecule has 2 rings (SSSR count). The van der Waals surface area contributed by atoms with Gasteiger partial charge in [-0.2, -0.15) is 17.9 Å². The number of thiophene rings is 1. The van der Waals surface area contributed by atoms with Crippen molar-refractivity contribution in [2.24, 2.45) is 5.92 Å². The minimum Gasteiger partial charge on any atom is -0.351 e. The van der Waals surface area contributed by atoms with Gasteiger partial charge in [-0.05, 0) is 51.7 Å². The van der Waals surface area contributed by atoms with Gasteiger partial charge in [0, 0.05) is 6.54 Å². The number of carbonyl (C=O) groups excluding carboxylic acids is 1. The lowest BCUT2D eigenvalue weighted by Gasteiger charge is -2.23. The molecule has 29 heavy (non-hydrogen) atoms. The van der Waals surface area contributed by atoms with Crippen LogP contribution in [0.15, 0.2) is 44.4 Å². The Balaban J connectivity index is 2.09. The Morgan fingerprint density at radius 2 is 1.79 bits per heavy atom. The minimum atomic E-state index is -4.43. The molecule has 2 aromatic rings. The molecule has 1 aromatic heterocycles. The lowest BCUT2D eigenvalue weighted by molar-refractivity contribution is -0.137. The molecule has 160 valence electrons. The highest BCUT2D eigenvalue weighted by atomic mass is 79.9. The molecule has 0 radical (unpaired) electrons. The Morgan fingerprint density at radius 1 is 1.17 bits per heavy atom. The van der Waals surface area contributed by atoms with Crippen LogP contribution < -0.4 is 10.0 Å². The van der Waals surface area contributed by atoms with Crippen molar-refractivity contribution in [3.8, 4) is 0 Å². The molecule has 0 aliphatic heterocycles. The molecular formula is C18H20BrF3N2O3S2. The second-order valence-corrected chi connectivity index (χ2v) is 10.9. The van der Waals surface area contributed by atoms with E-state index in [4.69, 9.17) is 0 Å². The third-order valence-corrected chi connectivity index (χ3v) is 7.90. The number of hydrogen-bond donors (Lipinski definition) is 2. The van der Waals surface area contributed by atoms with E-state index in [0.29, 0.717) is 15.8 Å². The highest BCUT2D eigenvalue weighted by Crippen LogP contribution is 2.29. The molecule has 0 saturated heterocycles. The summed E-state index contributed by atoms with van der Waals surface area (Å²) in [5, 5.41) is 2.60. The maximum absolute atomic E-state index is 12.6. The molecule has 1 amide bonds. The van der Waals surface area contributed by atoms with Gasteiger partial charge in [0.2, 0.25) is 5.91 Å². The molecule has 11 heteroatoms. The summed E-state index contributed by atoms with van der Waals surface area (Å²) in [5.74, 6) is -0.834. The number of hydrogen-bond acceptors (Lipinski definition) is 4. The summed E-state index contributed by atoms with van der Waals surface area (Å²) in [7, 11) is -3.89. The Bertz CT molecular complexity index is 944. The van der Waals surface area contributed by atoms with Gasteiger partial charge >= 0.3 is 6.18 Å². The van der Waals surface area contributed by atoms with Crippen LogP contribution in [0.25, 0.3) is 0 Å². The van der Waals surface area contributed by atoms with Crippen LogP contribution in [0.5, 0.6) is 0 Å². The van der Waals surface area contributed by atoms with Crippen LogP contribution in [0.4, 0.5) is 13.2 Å². The zero-order chi connectivity index (χ0) is 21.8. The zero-order valence-corrected chi connectivity index (χ0v) is 18.8. The summed E-state index contributed by atoms with van der Waals surface area (Å²) in [6, 6.07) is 6.44. The standard InChI is InChI=1S/C18H20BrF3N2O3S2/c1-3-11(2)16(24-29(26,27)15-9-8-14(19)28-15)17(25)23-10-12-4-6-13(7-5-12)18(20,21)22/h4-9,11,16,24H,3,10H2,1-2H3,(H,23,25)/t11-,16-/m0/s1. The molecule has 1 aromatic carbocycles. The van der Waals surface area contributed by atoms with E-state index in [2.05, 4.69) is 26.0 Å². The van der Waals surface area contributed by atoms with Gasteiger partial charge in [0.15, 0.2) is 0 Å². The topological polar surface area (TPSA) is 75.3 Å². The fourth-order valence-electron chi connectivity index (χ4n) is 2.44. The van der Waals surface area contributed by atoms with Gasteiger partial charge in [-0.1, -0.05) is 32.4 Å². The Labute approximate surface area is 179 Å².